The number of benzene rings is 1. The van der Waals surface area contributed by atoms with Crippen LogP contribution in [0, 0.1) is 5.82 Å². The van der Waals surface area contributed by atoms with Crippen molar-refractivity contribution in [2.75, 3.05) is 11.9 Å². The maximum atomic E-state index is 13.7. The van der Waals surface area contributed by atoms with E-state index < -0.39 is 17.3 Å². The molecule has 1 unspecified atom stereocenters. The Kier molecular flexibility index (Phi) is 3.75. The molecule has 3 heterocycles. The summed E-state index contributed by atoms with van der Waals surface area (Å²) in [4.78, 5) is 25.7. The van der Waals surface area contributed by atoms with Gasteiger partial charge in [-0.3, -0.25) is 19.4 Å². The molecule has 0 amide bonds. The molecule has 136 valence electrons. The second kappa shape index (κ2) is 5.65. The van der Waals surface area contributed by atoms with Crippen LogP contribution >= 0.6 is 15.9 Å². The molecule has 2 aliphatic heterocycles. The standard InChI is InChI=1S/C18H17BrFN3O3/c1-18(2)15(24)13-11(7-26-18)21-16-14(17(25)22-23(16)3)12(13)8-4-5-10(20)9(19)6-8/h4-6,12,21H,7H2,1-3H3,(H,22,25). The van der Waals surface area contributed by atoms with E-state index in [4.69, 9.17) is 4.74 Å². The van der Waals surface area contributed by atoms with Crippen LogP contribution in [0.1, 0.15) is 30.9 Å². The van der Waals surface area contributed by atoms with Gasteiger partial charge < -0.3 is 10.1 Å². The van der Waals surface area contributed by atoms with Gasteiger partial charge in [0.25, 0.3) is 5.56 Å². The summed E-state index contributed by atoms with van der Waals surface area (Å²) in [5.74, 6) is -0.614. The number of aromatic amines is 1. The van der Waals surface area contributed by atoms with Crippen LogP contribution in [0.15, 0.2) is 38.7 Å². The Morgan fingerprint density at radius 1 is 1.35 bits per heavy atom. The van der Waals surface area contributed by atoms with E-state index in [9.17, 15) is 14.0 Å². The molecule has 0 spiro atoms. The number of H-pyrrole nitrogens is 1. The molecule has 1 aromatic heterocycles. The summed E-state index contributed by atoms with van der Waals surface area (Å²) in [6, 6.07) is 4.54. The number of ether oxygens (including phenoxy) is 1. The number of rotatable bonds is 1. The van der Waals surface area contributed by atoms with Crippen LogP contribution in [-0.4, -0.2) is 27.8 Å². The lowest BCUT2D eigenvalue weighted by Gasteiger charge is -2.38. The van der Waals surface area contributed by atoms with Gasteiger partial charge in [0.1, 0.15) is 17.2 Å². The van der Waals surface area contributed by atoms with Gasteiger partial charge in [-0.15, -0.1) is 0 Å². The lowest BCUT2D eigenvalue weighted by molar-refractivity contribution is -0.137. The van der Waals surface area contributed by atoms with Gasteiger partial charge in [0.05, 0.1) is 22.3 Å². The van der Waals surface area contributed by atoms with Crippen LogP contribution in [-0.2, 0) is 16.6 Å². The Morgan fingerprint density at radius 2 is 2.08 bits per heavy atom. The van der Waals surface area contributed by atoms with E-state index >= 15 is 0 Å². The Balaban J connectivity index is 2.00. The van der Waals surface area contributed by atoms with Crippen LogP contribution in [0.3, 0.4) is 0 Å². The van der Waals surface area contributed by atoms with E-state index in [-0.39, 0.29) is 22.4 Å². The highest BCUT2D eigenvalue weighted by Crippen LogP contribution is 2.44. The molecule has 2 N–H and O–H groups in total. The number of anilines is 1. The number of ketones is 1. The van der Waals surface area contributed by atoms with E-state index in [2.05, 4.69) is 26.3 Å². The first kappa shape index (κ1) is 17.2. The number of Topliss-reactive ketones (excluding diaryl/α,β-unsaturated/α-hetero) is 1. The monoisotopic (exact) mass is 421 g/mol. The zero-order valence-corrected chi connectivity index (χ0v) is 16.0. The van der Waals surface area contributed by atoms with Crippen molar-refractivity contribution in [3.63, 3.8) is 0 Å². The normalized spacial score (nSPS) is 21.3. The van der Waals surface area contributed by atoms with Gasteiger partial charge in [0.15, 0.2) is 5.78 Å². The molecule has 2 aliphatic rings. The number of nitrogens with one attached hydrogen (secondary N) is 2. The van der Waals surface area contributed by atoms with E-state index in [0.29, 0.717) is 28.2 Å². The highest BCUT2D eigenvalue weighted by atomic mass is 79.9. The molecule has 6 nitrogen and oxygen atoms in total. The first-order valence-electron chi connectivity index (χ1n) is 8.13. The molecule has 0 bridgehead atoms. The minimum atomic E-state index is -0.991. The number of aromatic nitrogens is 2. The minimum Gasteiger partial charge on any atom is -0.361 e. The van der Waals surface area contributed by atoms with Crippen molar-refractivity contribution in [1.29, 1.82) is 0 Å². The van der Waals surface area contributed by atoms with Crippen molar-refractivity contribution in [2.24, 2.45) is 7.05 Å². The van der Waals surface area contributed by atoms with Gasteiger partial charge in [-0.05, 0) is 47.5 Å². The highest BCUT2D eigenvalue weighted by molar-refractivity contribution is 9.10. The number of fused-ring (bicyclic) bond motifs is 1. The molecule has 1 aromatic carbocycles. The quantitative estimate of drug-likeness (QED) is 0.741. The summed E-state index contributed by atoms with van der Waals surface area (Å²) in [7, 11) is 1.71. The predicted octanol–water partition coefficient (Wildman–Crippen LogP) is 2.80. The van der Waals surface area contributed by atoms with Crippen molar-refractivity contribution in [3.05, 3.63) is 61.2 Å². The fraction of sp³-hybridized carbons (Fsp3) is 0.333. The molecular formula is C18H17BrFN3O3. The molecule has 0 aliphatic carbocycles. The molecule has 26 heavy (non-hydrogen) atoms. The van der Waals surface area contributed by atoms with E-state index in [1.54, 1.807) is 37.7 Å². The summed E-state index contributed by atoms with van der Waals surface area (Å²) in [5, 5.41) is 5.88. The predicted molar refractivity (Wildman–Crippen MR) is 97.7 cm³/mol. The van der Waals surface area contributed by atoms with Crippen LogP contribution < -0.4 is 10.9 Å². The van der Waals surface area contributed by atoms with Gasteiger partial charge in [0, 0.05) is 18.5 Å². The summed E-state index contributed by atoms with van der Waals surface area (Å²) in [6.45, 7) is 3.65. The molecule has 2 aromatic rings. The minimum absolute atomic E-state index is 0.189. The number of nitrogens with zero attached hydrogens (tertiary/aromatic N) is 1. The average Bonchev–Trinajstić information content (AvgIpc) is 2.86. The van der Waals surface area contributed by atoms with E-state index in [1.165, 1.54) is 6.07 Å². The Labute approximate surface area is 157 Å². The van der Waals surface area contributed by atoms with Crippen LogP contribution in [0.5, 0.6) is 0 Å². The molecule has 4 rings (SSSR count). The molecule has 8 heteroatoms. The van der Waals surface area contributed by atoms with Gasteiger partial charge in [-0.1, -0.05) is 6.07 Å². The third-order valence-electron chi connectivity index (χ3n) is 4.92. The summed E-state index contributed by atoms with van der Waals surface area (Å²) in [5.41, 5.74) is 0.941. The number of halogens is 2. The lowest BCUT2D eigenvalue weighted by atomic mass is 9.76. The van der Waals surface area contributed by atoms with Crippen molar-refractivity contribution in [2.45, 2.75) is 25.4 Å². The van der Waals surface area contributed by atoms with E-state index in [1.807, 2.05) is 0 Å². The molecular weight excluding hydrogens is 405 g/mol. The van der Waals surface area contributed by atoms with Gasteiger partial charge in [-0.25, -0.2) is 4.39 Å². The van der Waals surface area contributed by atoms with Gasteiger partial charge in [-0.2, -0.15) is 0 Å². The molecule has 0 radical (unpaired) electrons. The summed E-state index contributed by atoms with van der Waals surface area (Å²) >= 11 is 3.19. The summed E-state index contributed by atoms with van der Waals surface area (Å²) < 4.78 is 21.3. The maximum absolute atomic E-state index is 13.7. The second-order valence-electron chi connectivity index (χ2n) is 7.01. The Morgan fingerprint density at radius 3 is 2.77 bits per heavy atom. The van der Waals surface area contributed by atoms with Crippen molar-refractivity contribution in [1.82, 2.24) is 9.78 Å². The van der Waals surface area contributed by atoms with Crippen LogP contribution in [0.25, 0.3) is 0 Å². The fourth-order valence-corrected chi connectivity index (χ4v) is 3.95. The average molecular weight is 422 g/mol. The number of carbonyl (C=O) groups is 1. The largest absolute Gasteiger partial charge is 0.361 e. The Bertz CT molecular complexity index is 1030. The van der Waals surface area contributed by atoms with Crippen LogP contribution in [0.2, 0.25) is 0 Å². The number of aryl methyl sites for hydroxylation is 1. The second-order valence-corrected chi connectivity index (χ2v) is 7.87. The summed E-state index contributed by atoms with van der Waals surface area (Å²) in [6.07, 6.45) is 0. The SMILES string of the molecule is Cn1[nH]c(=O)c2c1NC1=C(C(=O)C(C)(C)OC1)C2c1ccc(F)c(Br)c1. The first-order valence-corrected chi connectivity index (χ1v) is 8.92. The Hall–Kier alpha value is -2.19. The number of hydrogen-bond donors (Lipinski definition) is 2. The van der Waals surface area contributed by atoms with Crippen molar-refractivity contribution in [3.8, 4) is 0 Å². The first-order chi connectivity index (χ1) is 12.2. The highest BCUT2D eigenvalue weighted by Gasteiger charge is 2.45. The van der Waals surface area contributed by atoms with E-state index in [0.717, 1.165) is 0 Å². The molecule has 1 atom stereocenters. The maximum Gasteiger partial charge on any atom is 0.270 e. The lowest BCUT2D eigenvalue weighted by Crippen LogP contribution is -2.45. The zero-order valence-electron chi connectivity index (χ0n) is 14.4. The van der Waals surface area contributed by atoms with Gasteiger partial charge in [0.2, 0.25) is 0 Å². The van der Waals surface area contributed by atoms with Gasteiger partial charge >= 0.3 is 0 Å². The molecule has 0 saturated carbocycles. The molecule has 0 fully saturated rings. The molecule has 0 saturated heterocycles. The van der Waals surface area contributed by atoms with Crippen molar-refractivity contribution < 1.29 is 13.9 Å². The van der Waals surface area contributed by atoms with Crippen molar-refractivity contribution >= 4 is 27.5 Å². The fourth-order valence-electron chi connectivity index (χ4n) is 3.55. The van der Waals surface area contributed by atoms with Crippen LogP contribution in [0.4, 0.5) is 10.2 Å². The number of hydrogen-bond acceptors (Lipinski definition) is 4. The number of carbonyl (C=O) groups excluding carboxylic acids is 1. The third-order valence-corrected chi connectivity index (χ3v) is 5.53. The third kappa shape index (κ3) is 2.39. The topological polar surface area (TPSA) is 76.1 Å². The smallest absolute Gasteiger partial charge is 0.270 e. The zero-order chi connectivity index (χ0) is 18.8.